The second kappa shape index (κ2) is 5.24. The summed E-state index contributed by atoms with van der Waals surface area (Å²) in [4.78, 5) is 18.0. The van der Waals surface area contributed by atoms with Crippen LogP contribution in [0.25, 0.3) is 0 Å². The number of halogens is 1. The number of allylic oxidation sites excluding steroid dienone is 3. The van der Waals surface area contributed by atoms with Gasteiger partial charge < -0.3 is 5.32 Å². The Morgan fingerprint density at radius 3 is 2.83 bits per heavy atom. The van der Waals surface area contributed by atoms with Crippen molar-refractivity contribution in [2.75, 3.05) is 13.1 Å². The number of amides is 2. The van der Waals surface area contributed by atoms with E-state index < -0.39 is 0 Å². The van der Waals surface area contributed by atoms with Gasteiger partial charge in [-0.2, -0.15) is 4.99 Å². The van der Waals surface area contributed by atoms with E-state index in [1.165, 1.54) is 0 Å². The number of piperidine rings is 1. The largest absolute Gasteiger partial charge is 0.348 e. The van der Waals surface area contributed by atoms with Gasteiger partial charge in [0.15, 0.2) is 0 Å². The van der Waals surface area contributed by atoms with Gasteiger partial charge in [0.1, 0.15) is 0 Å². The molecule has 1 unspecified atom stereocenters. The fourth-order valence-corrected chi connectivity index (χ4v) is 2.69. The van der Waals surface area contributed by atoms with E-state index in [1.54, 1.807) is 0 Å². The van der Waals surface area contributed by atoms with Crippen LogP contribution < -0.4 is 5.32 Å². The molecule has 3 rings (SSSR count). The Kier molecular flexibility index (Phi) is 3.88. The number of aliphatic imine (C=N–C) groups is 1. The number of nitrogens with zero attached hydrogens (tertiary/aromatic N) is 2. The first-order chi connectivity index (χ1) is 8.25. The van der Waals surface area contributed by atoms with Crippen molar-refractivity contribution in [2.24, 2.45) is 10.9 Å². The molecule has 0 radical (unpaired) electrons. The average molecular weight is 268 g/mol. The average Bonchev–Trinajstić information content (AvgIpc) is 2.65. The molecule has 0 aromatic rings. The fourth-order valence-electron chi connectivity index (χ4n) is 2.69. The number of carbonyl (C=O) groups excluding carboxylic acids is 1. The van der Waals surface area contributed by atoms with Gasteiger partial charge in [-0.1, -0.05) is 19.1 Å². The Labute approximate surface area is 113 Å². The van der Waals surface area contributed by atoms with Gasteiger partial charge in [0, 0.05) is 6.04 Å². The zero-order valence-corrected chi connectivity index (χ0v) is 11.2. The topological polar surface area (TPSA) is 44.7 Å². The Bertz CT molecular complexity index is 436. The molecule has 1 fully saturated rings. The minimum Gasteiger partial charge on any atom is -0.317 e. The number of carbonyl (C=O) groups is 1. The maximum atomic E-state index is 12.0. The van der Waals surface area contributed by atoms with E-state index in [9.17, 15) is 4.79 Å². The van der Waals surface area contributed by atoms with Gasteiger partial charge in [0.05, 0.1) is 11.4 Å². The summed E-state index contributed by atoms with van der Waals surface area (Å²) < 4.78 is 0. The molecule has 0 aromatic heterocycles. The number of urea groups is 1. The highest BCUT2D eigenvalue weighted by Gasteiger charge is 2.35. The van der Waals surface area contributed by atoms with Crippen molar-refractivity contribution in [2.45, 2.75) is 25.8 Å². The number of hydrogen-bond donors (Lipinski definition) is 1. The molecule has 1 atom stereocenters. The molecular weight excluding hydrogens is 250 g/mol. The van der Waals surface area contributed by atoms with Crippen LogP contribution in [0.5, 0.6) is 0 Å². The number of rotatable bonds is 1. The van der Waals surface area contributed by atoms with Crippen LogP contribution in [0, 0.1) is 5.92 Å². The number of nitrogens with one attached hydrogen (secondary N) is 1. The quantitative estimate of drug-likeness (QED) is 0.791. The van der Waals surface area contributed by atoms with E-state index in [1.807, 2.05) is 11.0 Å². The van der Waals surface area contributed by atoms with Gasteiger partial charge in [-0.3, -0.25) is 4.90 Å². The Morgan fingerprint density at radius 1 is 1.39 bits per heavy atom. The minimum atomic E-state index is -0.0862. The van der Waals surface area contributed by atoms with Crippen LogP contribution in [0.15, 0.2) is 28.9 Å². The lowest BCUT2D eigenvalue weighted by atomic mass is 9.98. The third kappa shape index (κ3) is 2.22. The lowest BCUT2D eigenvalue weighted by Gasteiger charge is -2.32. The molecule has 2 amide bonds. The standard InChI is InChI=1S/C13H17N3O.ClH/c1-9-2-3-11-12(8-9)16(13(17)15-11)10-4-6-14-7-5-10;/h2-3,8-10,14H,4-7H2,1H3;1H. The molecule has 2 aliphatic heterocycles. The Balaban J connectivity index is 0.00000120. The van der Waals surface area contributed by atoms with Crippen molar-refractivity contribution in [1.82, 2.24) is 10.2 Å². The second-order valence-electron chi connectivity index (χ2n) is 4.90. The van der Waals surface area contributed by atoms with Crippen LogP contribution in [0.3, 0.4) is 0 Å². The van der Waals surface area contributed by atoms with Crippen LogP contribution in [-0.2, 0) is 0 Å². The molecule has 0 bridgehead atoms. The van der Waals surface area contributed by atoms with Crippen LogP contribution in [0.4, 0.5) is 4.79 Å². The SMILES string of the molecule is CC1C=CC2=NC(=O)N(C3CCNCC3)C2=C1.Cl. The molecule has 1 N–H and O–H groups in total. The second-order valence-corrected chi connectivity index (χ2v) is 4.90. The van der Waals surface area contributed by atoms with Gasteiger partial charge in [-0.25, -0.2) is 4.79 Å². The molecule has 3 aliphatic rings. The Morgan fingerprint density at radius 2 is 2.11 bits per heavy atom. The van der Waals surface area contributed by atoms with E-state index in [-0.39, 0.29) is 18.4 Å². The fraction of sp³-hybridized carbons (Fsp3) is 0.538. The molecule has 98 valence electrons. The Hall–Kier alpha value is -1.13. The minimum absolute atomic E-state index is 0. The van der Waals surface area contributed by atoms with E-state index in [0.717, 1.165) is 37.3 Å². The molecule has 0 spiro atoms. The maximum Gasteiger partial charge on any atom is 0.348 e. The summed E-state index contributed by atoms with van der Waals surface area (Å²) in [6, 6.07) is 0.229. The van der Waals surface area contributed by atoms with Crippen molar-refractivity contribution < 1.29 is 4.79 Å². The third-order valence-electron chi connectivity index (χ3n) is 3.60. The molecule has 5 heteroatoms. The molecule has 2 heterocycles. The van der Waals surface area contributed by atoms with Crippen LogP contribution in [-0.4, -0.2) is 35.8 Å². The predicted octanol–water partition coefficient (Wildman–Crippen LogP) is 2.13. The van der Waals surface area contributed by atoms with Crippen LogP contribution in [0.2, 0.25) is 0 Å². The lowest BCUT2D eigenvalue weighted by Crippen LogP contribution is -2.43. The summed E-state index contributed by atoms with van der Waals surface area (Å²) in [7, 11) is 0. The van der Waals surface area contributed by atoms with E-state index in [2.05, 4.69) is 29.4 Å². The summed E-state index contributed by atoms with van der Waals surface area (Å²) >= 11 is 0. The summed E-state index contributed by atoms with van der Waals surface area (Å²) in [6.45, 7) is 4.11. The van der Waals surface area contributed by atoms with Gasteiger partial charge in [-0.05, 0) is 37.9 Å². The van der Waals surface area contributed by atoms with Crippen LogP contribution >= 0.6 is 12.4 Å². The number of hydrogen-bond acceptors (Lipinski definition) is 2. The van der Waals surface area contributed by atoms with Gasteiger partial charge in [-0.15, -0.1) is 12.4 Å². The monoisotopic (exact) mass is 267 g/mol. The highest BCUT2D eigenvalue weighted by atomic mass is 35.5. The summed E-state index contributed by atoms with van der Waals surface area (Å²) in [5.74, 6) is 0.388. The summed E-state index contributed by atoms with van der Waals surface area (Å²) in [6.07, 6.45) is 8.24. The summed E-state index contributed by atoms with van der Waals surface area (Å²) in [5, 5.41) is 3.32. The molecule has 4 nitrogen and oxygen atoms in total. The first-order valence-electron chi connectivity index (χ1n) is 6.29. The van der Waals surface area contributed by atoms with Gasteiger partial charge >= 0.3 is 6.03 Å². The maximum absolute atomic E-state index is 12.0. The van der Waals surface area contributed by atoms with E-state index in [0.29, 0.717) is 12.0 Å². The zero-order valence-electron chi connectivity index (χ0n) is 10.4. The smallest absolute Gasteiger partial charge is 0.317 e. The molecular formula is C13H18ClN3O. The van der Waals surface area contributed by atoms with Crippen molar-refractivity contribution in [1.29, 1.82) is 0 Å². The predicted molar refractivity (Wildman–Crippen MR) is 74.2 cm³/mol. The number of fused-ring (bicyclic) bond motifs is 1. The van der Waals surface area contributed by atoms with Crippen molar-refractivity contribution in [3.05, 3.63) is 23.9 Å². The van der Waals surface area contributed by atoms with E-state index in [4.69, 9.17) is 0 Å². The van der Waals surface area contributed by atoms with E-state index >= 15 is 0 Å². The van der Waals surface area contributed by atoms with Crippen molar-refractivity contribution >= 4 is 24.1 Å². The van der Waals surface area contributed by atoms with Gasteiger partial charge in [0.25, 0.3) is 0 Å². The first kappa shape index (κ1) is 13.3. The first-order valence-corrected chi connectivity index (χ1v) is 6.29. The van der Waals surface area contributed by atoms with Crippen LogP contribution in [0.1, 0.15) is 19.8 Å². The molecule has 18 heavy (non-hydrogen) atoms. The van der Waals surface area contributed by atoms with Crippen molar-refractivity contribution in [3.63, 3.8) is 0 Å². The lowest BCUT2D eigenvalue weighted by molar-refractivity contribution is 0.197. The van der Waals surface area contributed by atoms with Gasteiger partial charge in [0.2, 0.25) is 0 Å². The summed E-state index contributed by atoms with van der Waals surface area (Å²) in [5.41, 5.74) is 1.86. The normalized spacial score (nSPS) is 27.5. The highest BCUT2D eigenvalue weighted by Crippen LogP contribution is 2.28. The molecule has 1 saturated heterocycles. The third-order valence-corrected chi connectivity index (χ3v) is 3.60. The highest BCUT2D eigenvalue weighted by molar-refractivity contribution is 6.18. The van der Waals surface area contributed by atoms with Crippen molar-refractivity contribution in [3.8, 4) is 0 Å². The zero-order chi connectivity index (χ0) is 11.8. The molecule has 0 saturated carbocycles. The molecule has 1 aliphatic carbocycles. The molecule has 0 aromatic carbocycles.